The first-order valence-corrected chi connectivity index (χ1v) is 6.86. The second kappa shape index (κ2) is 4.71. The molecule has 9 heteroatoms. The van der Waals surface area contributed by atoms with E-state index in [4.69, 9.17) is 21.9 Å². The first-order chi connectivity index (χ1) is 8.79. The lowest BCUT2D eigenvalue weighted by molar-refractivity contribution is 0.430. The van der Waals surface area contributed by atoms with Gasteiger partial charge in [-0.3, -0.25) is 0 Å². The van der Waals surface area contributed by atoms with Crippen molar-refractivity contribution in [2.45, 2.75) is 11.8 Å². The van der Waals surface area contributed by atoms with E-state index in [1.807, 2.05) is 4.72 Å². The van der Waals surface area contributed by atoms with Crippen LogP contribution in [0.2, 0.25) is 5.02 Å². The minimum Gasteiger partial charge on any atom is -0.396 e. The van der Waals surface area contributed by atoms with Gasteiger partial charge in [-0.05, 0) is 19.1 Å². The van der Waals surface area contributed by atoms with Crippen LogP contribution in [0.3, 0.4) is 0 Å². The van der Waals surface area contributed by atoms with E-state index in [0.29, 0.717) is 5.69 Å². The number of aromatic nitrogens is 1. The number of sulfonamides is 1. The number of aryl methyl sites for hydroxylation is 1. The van der Waals surface area contributed by atoms with Gasteiger partial charge < -0.3 is 10.3 Å². The maximum atomic E-state index is 13.7. The van der Waals surface area contributed by atoms with Crippen molar-refractivity contribution in [1.29, 1.82) is 0 Å². The van der Waals surface area contributed by atoms with Crippen LogP contribution in [-0.2, 0) is 10.0 Å². The number of nitrogens with two attached hydrogens (primary N) is 1. The molecule has 102 valence electrons. The highest BCUT2D eigenvalue weighted by Gasteiger charge is 2.23. The summed E-state index contributed by atoms with van der Waals surface area (Å²) in [6.07, 6.45) is 0. The van der Waals surface area contributed by atoms with Crippen LogP contribution in [-0.4, -0.2) is 13.6 Å². The maximum Gasteiger partial charge on any atom is 0.267 e. The van der Waals surface area contributed by atoms with Crippen LogP contribution in [0, 0.1) is 12.7 Å². The van der Waals surface area contributed by atoms with Crippen molar-refractivity contribution in [3.8, 4) is 0 Å². The lowest BCUT2D eigenvalue weighted by Crippen LogP contribution is -2.15. The molecular formula is C10H9ClFN3O3S. The van der Waals surface area contributed by atoms with E-state index < -0.39 is 20.7 Å². The molecule has 0 saturated heterocycles. The zero-order valence-corrected chi connectivity index (χ0v) is 11.2. The predicted octanol–water partition coefficient (Wildman–Crippen LogP) is 2.16. The van der Waals surface area contributed by atoms with Crippen LogP contribution in [0.1, 0.15) is 5.69 Å². The summed E-state index contributed by atoms with van der Waals surface area (Å²) in [5.41, 5.74) is 5.44. The maximum absolute atomic E-state index is 13.7. The molecule has 2 aromatic rings. The number of anilines is 2. The summed E-state index contributed by atoms with van der Waals surface area (Å²) in [6.45, 7) is 1.61. The smallest absolute Gasteiger partial charge is 0.267 e. The standard InChI is InChI=1S/C10H9ClFN3O3S/c1-5-2-9(18-14-5)15-19(16,17)8-4-6(11)3-7(13)10(8)12/h2-4,15H,13H2,1H3. The number of halogens is 2. The summed E-state index contributed by atoms with van der Waals surface area (Å²) in [6, 6.07) is 3.43. The first-order valence-electron chi connectivity index (χ1n) is 5.00. The van der Waals surface area contributed by atoms with Gasteiger partial charge in [-0.2, -0.15) is 0 Å². The van der Waals surface area contributed by atoms with E-state index in [1.165, 1.54) is 6.07 Å². The minimum absolute atomic E-state index is 0.00743. The molecule has 1 heterocycles. The molecule has 0 radical (unpaired) electrons. The Labute approximate surface area is 113 Å². The summed E-state index contributed by atoms with van der Waals surface area (Å²) in [4.78, 5) is -0.661. The molecule has 0 unspecified atom stereocenters. The summed E-state index contributed by atoms with van der Waals surface area (Å²) in [5.74, 6) is -1.21. The molecule has 0 aliphatic heterocycles. The third-order valence-corrected chi connectivity index (χ3v) is 3.75. The molecule has 0 amide bonds. The Balaban J connectivity index is 2.45. The molecule has 3 N–H and O–H groups in total. The molecule has 0 bridgehead atoms. The first kappa shape index (κ1) is 13.6. The van der Waals surface area contributed by atoms with Crippen LogP contribution in [0.4, 0.5) is 16.0 Å². The molecule has 0 aliphatic carbocycles. The Bertz CT molecular complexity index is 730. The third-order valence-electron chi connectivity index (χ3n) is 2.18. The number of rotatable bonds is 3. The van der Waals surface area contributed by atoms with E-state index in [1.54, 1.807) is 6.92 Å². The largest absolute Gasteiger partial charge is 0.396 e. The van der Waals surface area contributed by atoms with Crippen molar-refractivity contribution >= 4 is 33.2 Å². The quantitative estimate of drug-likeness (QED) is 0.847. The lowest BCUT2D eigenvalue weighted by Gasteiger charge is -2.08. The van der Waals surface area contributed by atoms with Gasteiger partial charge in [0.25, 0.3) is 10.0 Å². The lowest BCUT2D eigenvalue weighted by atomic mass is 10.3. The summed E-state index contributed by atoms with van der Waals surface area (Å²) in [7, 11) is -4.20. The van der Waals surface area contributed by atoms with E-state index in [-0.39, 0.29) is 16.6 Å². The Morgan fingerprint density at radius 1 is 1.42 bits per heavy atom. The highest BCUT2D eigenvalue weighted by Crippen LogP contribution is 2.26. The monoisotopic (exact) mass is 305 g/mol. The molecule has 1 aromatic heterocycles. The number of hydrogen-bond acceptors (Lipinski definition) is 5. The van der Waals surface area contributed by atoms with Gasteiger partial charge in [-0.1, -0.05) is 16.8 Å². The van der Waals surface area contributed by atoms with E-state index >= 15 is 0 Å². The fourth-order valence-corrected chi connectivity index (χ4v) is 2.78. The SMILES string of the molecule is Cc1cc(NS(=O)(=O)c2cc(Cl)cc(N)c2F)on1. The van der Waals surface area contributed by atoms with Crippen molar-refractivity contribution in [3.05, 3.63) is 34.7 Å². The average molecular weight is 306 g/mol. The molecular weight excluding hydrogens is 297 g/mol. The highest BCUT2D eigenvalue weighted by atomic mass is 35.5. The number of nitrogens with one attached hydrogen (secondary N) is 1. The second-order valence-corrected chi connectivity index (χ2v) is 5.83. The van der Waals surface area contributed by atoms with Crippen LogP contribution in [0.25, 0.3) is 0 Å². The van der Waals surface area contributed by atoms with Crippen LogP contribution in [0.5, 0.6) is 0 Å². The number of nitrogens with zero attached hydrogens (tertiary/aromatic N) is 1. The van der Waals surface area contributed by atoms with Crippen LogP contribution in [0.15, 0.2) is 27.6 Å². The molecule has 0 aliphatic rings. The number of hydrogen-bond donors (Lipinski definition) is 2. The van der Waals surface area contributed by atoms with E-state index in [2.05, 4.69) is 5.16 Å². The number of nitrogen functional groups attached to an aromatic ring is 1. The van der Waals surface area contributed by atoms with Gasteiger partial charge in [0.15, 0.2) is 5.82 Å². The molecule has 0 saturated carbocycles. The van der Waals surface area contributed by atoms with Gasteiger partial charge >= 0.3 is 0 Å². The Morgan fingerprint density at radius 3 is 2.68 bits per heavy atom. The fourth-order valence-electron chi connectivity index (χ4n) is 1.38. The third kappa shape index (κ3) is 2.79. The van der Waals surface area contributed by atoms with Crippen molar-refractivity contribution in [2.75, 3.05) is 10.5 Å². The molecule has 0 atom stereocenters. The molecule has 0 fully saturated rings. The second-order valence-electron chi connectivity index (χ2n) is 3.75. The Kier molecular flexibility index (Phi) is 3.38. The number of benzene rings is 1. The Hall–Kier alpha value is -1.80. The molecule has 0 spiro atoms. The normalized spacial score (nSPS) is 11.5. The zero-order chi connectivity index (χ0) is 14.2. The zero-order valence-electron chi connectivity index (χ0n) is 9.65. The van der Waals surface area contributed by atoms with Gasteiger partial charge in [0.2, 0.25) is 5.88 Å². The molecule has 1 aromatic carbocycles. The van der Waals surface area contributed by atoms with Crippen LogP contribution < -0.4 is 10.5 Å². The topological polar surface area (TPSA) is 98.2 Å². The summed E-state index contributed by atoms with van der Waals surface area (Å²) in [5, 5.41) is 3.51. The highest BCUT2D eigenvalue weighted by molar-refractivity contribution is 7.92. The van der Waals surface area contributed by atoms with Crippen molar-refractivity contribution in [1.82, 2.24) is 5.16 Å². The molecule has 2 rings (SSSR count). The van der Waals surface area contributed by atoms with Crippen molar-refractivity contribution < 1.29 is 17.3 Å². The van der Waals surface area contributed by atoms with E-state index in [9.17, 15) is 12.8 Å². The van der Waals surface area contributed by atoms with Crippen molar-refractivity contribution in [2.24, 2.45) is 0 Å². The van der Waals surface area contributed by atoms with Gasteiger partial charge in [0.1, 0.15) is 4.90 Å². The fraction of sp³-hybridized carbons (Fsp3) is 0.100. The van der Waals surface area contributed by atoms with E-state index in [0.717, 1.165) is 12.1 Å². The average Bonchev–Trinajstić information content (AvgIpc) is 2.68. The summed E-state index contributed by atoms with van der Waals surface area (Å²) < 4.78 is 44.4. The van der Waals surface area contributed by atoms with Gasteiger partial charge in [0, 0.05) is 11.1 Å². The molecule has 6 nitrogen and oxygen atoms in total. The van der Waals surface area contributed by atoms with Crippen molar-refractivity contribution in [3.63, 3.8) is 0 Å². The predicted molar refractivity (Wildman–Crippen MR) is 67.9 cm³/mol. The summed E-state index contributed by atoms with van der Waals surface area (Å²) >= 11 is 5.66. The minimum atomic E-state index is -4.20. The van der Waals surface area contributed by atoms with Gasteiger partial charge in [-0.25, -0.2) is 17.5 Å². The Morgan fingerprint density at radius 2 is 2.11 bits per heavy atom. The van der Waals surface area contributed by atoms with Crippen LogP contribution >= 0.6 is 11.6 Å². The van der Waals surface area contributed by atoms with Gasteiger partial charge in [-0.15, -0.1) is 0 Å². The molecule has 19 heavy (non-hydrogen) atoms. The van der Waals surface area contributed by atoms with Gasteiger partial charge in [0.05, 0.1) is 11.4 Å².